The van der Waals surface area contributed by atoms with Gasteiger partial charge in [-0.15, -0.1) is 0 Å². The molecule has 2 aromatic carbocycles. The molecule has 29 heavy (non-hydrogen) atoms. The van der Waals surface area contributed by atoms with Gasteiger partial charge < -0.3 is 25.4 Å². The third kappa shape index (κ3) is 8.66. The maximum absolute atomic E-state index is 12.1. The molecule has 0 saturated heterocycles. The summed E-state index contributed by atoms with van der Waals surface area (Å²) in [7, 11) is 1.68. The molecular formula is C22H30N4O3. The van der Waals surface area contributed by atoms with Gasteiger partial charge in [-0.2, -0.15) is 0 Å². The van der Waals surface area contributed by atoms with E-state index in [1.165, 1.54) is 0 Å². The maximum atomic E-state index is 12.1. The first-order valence-electron chi connectivity index (χ1n) is 9.83. The zero-order valence-electron chi connectivity index (χ0n) is 17.1. The van der Waals surface area contributed by atoms with Gasteiger partial charge in [0.2, 0.25) is 0 Å². The molecule has 156 valence electrons. The first-order valence-corrected chi connectivity index (χ1v) is 9.83. The normalized spacial score (nSPS) is 11.0. The number of rotatable bonds is 11. The summed E-state index contributed by atoms with van der Waals surface area (Å²) < 4.78 is 10.8. The highest BCUT2D eigenvalue weighted by atomic mass is 16.5. The summed E-state index contributed by atoms with van der Waals surface area (Å²) >= 11 is 0. The summed E-state index contributed by atoms with van der Waals surface area (Å²) in [5, 5.41) is 9.33. The quantitative estimate of drug-likeness (QED) is 0.308. The molecule has 0 aromatic heterocycles. The molecule has 3 N–H and O–H groups in total. The number of ether oxygens (including phenoxy) is 2. The van der Waals surface area contributed by atoms with Crippen molar-refractivity contribution in [1.29, 1.82) is 0 Å². The summed E-state index contributed by atoms with van der Waals surface area (Å²) in [4.78, 5) is 16.6. The highest BCUT2D eigenvalue weighted by molar-refractivity contribution is 5.94. The number of carbonyl (C=O) groups is 1. The molecule has 0 atom stereocenters. The monoisotopic (exact) mass is 398 g/mol. The van der Waals surface area contributed by atoms with Gasteiger partial charge in [0.05, 0.1) is 13.2 Å². The van der Waals surface area contributed by atoms with Crippen molar-refractivity contribution < 1.29 is 14.3 Å². The van der Waals surface area contributed by atoms with Gasteiger partial charge in [0.15, 0.2) is 5.96 Å². The molecule has 0 fully saturated rings. The van der Waals surface area contributed by atoms with Gasteiger partial charge in [-0.05, 0) is 31.2 Å². The van der Waals surface area contributed by atoms with Crippen molar-refractivity contribution in [3.63, 3.8) is 0 Å². The molecule has 2 aromatic rings. The standard InChI is InChI=1S/C22H30N4O3/c1-3-23-22(25-14-13-24-21(27)18-9-5-4-6-10-18)26-19-11-7-12-20(17-19)29-16-8-15-28-2/h4-7,9-12,17H,3,8,13-16H2,1-2H3,(H,24,27)(H2,23,25,26). The van der Waals surface area contributed by atoms with E-state index in [0.29, 0.717) is 37.8 Å². The van der Waals surface area contributed by atoms with Crippen LogP contribution in [-0.4, -0.2) is 51.8 Å². The second kappa shape index (κ2) is 13.2. The largest absolute Gasteiger partial charge is 0.493 e. The van der Waals surface area contributed by atoms with E-state index < -0.39 is 0 Å². The van der Waals surface area contributed by atoms with Crippen LogP contribution in [0.1, 0.15) is 23.7 Å². The van der Waals surface area contributed by atoms with Gasteiger partial charge in [0, 0.05) is 50.5 Å². The second-order valence-corrected chi connectivity index (χ2v) is 6.23. The second-order valence-electron chi connectivity index (χ2n) is 6.23. The number of benzene rings is 2. The molecule has 0 saturated carbocycles. The third-order valence-corrected chi connectivity index (χ3v) is 3.91. The van der Waals surface area contributed by atoms with E-state index in [0.717, 1.165) is 24.4 Å². The van der Waals surface area contributed by atoms with Crippen LogP contribution in [0.4, 0.5) is 5.69 Å². The van der Waals surface area contributed by atoms with Crippen LogP contribution in [-0.2, 0) is 4.74 Å². The van der Waals surface area contributed by atoms with Crippen LogP contribution in [0, 0.1) is 0 Å². The Hall–Kier alpha value is -3.06. The summed E-state index contributed by atoms with van der Waals surface area (Å²) in [5.74, 6) is 1.34. The van der Waals surface area contributed by atoms with Gasteiger partial charge in [0.1, 0.15) is 5.75 Å². The lowest BCUT2D eigenvalue weighted by atomic mass is 10.2. The number of aliphatic imine (C=N–C) groups is 1. The molecule has 0 spiro atoms. The Labute approximate surface area is 172 Å². The molecular weight excluding hydrogens is 368 g/mol. The van der Waals surface area contributed by atoms with E-state index >= 15 is 0 Å². The van der Waals surface area contributed by atoms with Crippen molar-refractivity contribution in [2.75, 3.05) is 45.3 Å². The lowest BCUT2D eigenvalue weighted by Gasteiger charge is -2.13. The van der Waals surface area contributed by atoms with Crippen LogP contribution in [0.5, 0.6) is 5.75 Å². The number of carbonyl (C=O) groups excluding carboxylic acids is 1. The van der Waals surface area contributed by atoms with Crippen LogP contribution >= 0.6 is 0 Å². The minimum Gasteiger partial charge on any atom is -0.493 e. The zero-order chi connectivity index (χ0) is 20.7. The van der Waals surface area contributed by atoms with Crippen molar-refractivity contribution in [2.24, 2.45) is 4.99 Å². The fraction of sp³-hybridized carbons (Fsp3) is 0.364. The maximum Gasteiger partial charge on any atom is 0.251 e. The number of hydrogen-bond acceptors (Lipinski definition) is 4. The molecule has 0 unspecified atom stereocenters. The Morgan fingerprint density at radius 3 is 2.62 bits per heavy atom. The lowest BCUT2D eigenvalue weighted by Crippen LogP contribution is -2.32. The van der Waals surface area contributed by atoms with Crippen molar-refractivity contribution in [2.45, 2.75) is 13.3 Å². The number of nitrogens with zero attached hydrogens (tertiary/aromatic N) is 1. The number of guanidine groups is 1. The van der Waals surface area contributed by atoms with Gasteiger partial charge in [-0.1, -0.05) is 24.3 Å². The molecule has 0 heterocycles. The molecule has 2 rings (SSSR count). The average Bonchev–Trinajstić information content (AvgIpc) is 2.75. The molecule has 0 aliphatic heterocycles. The smallest absolute Gasteiger partial charge is 0.251 e. The molecule has 7 heteroatoms. The van der Waals surface area contributed by atoms with Gasteiger partial charge in [-0.25, -0.2) is 0 Å². The zero-order valence-corrected chi connectivity index (χ0v) is 17.1. The van der Waals surface area contributed by atoms with Crippen molar-refractivity contribution in [1.82, 2.24) is 10.6 Å². The lowest BCUT2D eigenvalue weighted by molar-refractivity contribution is 0.0955. The number of hydrogen-bond donors (Lipinski definition) is 3. The number of methoxy groups -OCH3 is 1. The summed E-state index contributed by atoms with van der Waals surface area (Å²) in [5.41, 5.74) is 1.52. The molecule has 0 radical (unpaired) electrons. The van der Waals surface area contributed by atoms with Crippen LogP contribution in [0.2, 0.25) is 0 Å². The topological polar surface area (TPSA) is 84.0 Å². The molecule has 0 bridgehead atoms. The van der Waals surface area contributed by atoms with Gasteiger partial charge >= 0.3 is 0 Å². The van der Waals surface area contributed by atoms with E-state index in [1.54, 1.807) is 19.2 Å². The van der Waals surface area contributed by atoms with Crippen LogP contribution in [0.3, 0.4) is 0 Å². The summed E-state index contributed by atoms with van der Waals surface area (Å²) in [6, 6.07) is 16.9. The number of nitrogens with one attached hydrogen (secondary N) is 3. The van der Waals surface area contributed by atoms with Crippen molar-refractivity contribution in [3.05, 3.63) is 60.2 Å². The van der Waals surface area contributed by atoms with E-state index in [1.807, 2.05) is 49.4 Å². The summed E-state index contributed by atoms with van der Waals surface area (Å²) in [6.07, 6.45) is 0.840. The third-order valence-electron chi connectivity index (χ3n) is 3.91. The number of amides is 1. The van der Waals surface area contributed by atoms with Crippen LogP contribution < -0.4 is 20.7 Å². The van der Waals surface area contributed by atoms with E-state index in [-0.39, 0.29) is 5.91 Å². The number of anilines is 1. The van der Waals surface area contributed by atoms with E-state index in [9.17, 15) is 4.79 Å². The van der Waals surface area contributed by atoms with Crippen LogP contribution in [0.15, 0.2) is 59.6 Å². The molecule has 0 aliphatic rings. The summed E-state index contributed by atoms with van der Waals surface area (Å²) in [6.45, 7) is 4.93. The van der Waals surface area contributed by atoms with Gasteiger partial charge in [0.25, 0.3) is 5.91 Å². The molecule has 0 aliphatic carbocycles. The van der Waals surface area contributed by atoms with Crippen molar-refractivity contribution >= 4 is 17.6 Å². The molecule has 7 nitrogen and oxygen atoms in total. The predicted octanol–water partition coefficient (Wildman–Crippen LogP) is 2.91. The Morgan fingerprint density at radius 1 is 1.03 bits per heavy atom. The Morgan fingerprint density at radius 2 is 1.86 bits per heavy atom. The van der Waals surface area contributed by atoms with Gasteiger partial charge in [-0.3, -0.25) is 9.79 Å². The molecule has 1 amide bonds. The SMILES string of the molecule is CCNC(=NCCNC(=O)c1ccccc1)Nc1cccc(OCCCOC)c1. The highest BCUT2D eigenvalue weighted by Gasteiger charge is 2.04. The predicted molar refractivity (Wildman–Crippen MR) is 117 cm³/mol. The van der Waals surface area contributed by atoms with E-state index in [2.05, 4.69) is 20.9 Å². The first kappa shape index (κ1) is 22.2. The van der Waals surface area contributed by atoms with Crippen molar-refractivity contribution in [3.8, 4) is 5.75 Å². The average molecular weight is 399 g/mol. The first-order chi connectivity index (χ1) is 14.2. The Balaban J connectivity index is 1.84. The Bertz CT molecular complexity index is 766. The van der Waals surface area contributed by atoms with Crippen LogP contribution in [0.25, 0.3) is 0 Å². The fourth-order valence-corrected chi connectivity index (χ4v) is 2.53. The highest BCUT2D eigenvalue weighted by Crippen LogP contribution is 2.17. The minimum absolute atomic E-state index is 0.0999. The minimum atomic E-state index is -0.0999. The van der Waals surface area contributed by atoms with E-state index in [4.69, 9.17) is 9.47 Å². The Kier molecular flexibility index (Phi) is 10.1. The fourth-order valence-electron chi connectivity index (χ4n) is 2.53.